The topological polar surface area (TPSA) is 63.3 Å². The van der Waals surface area contributed by atoms with Crippen LogP contribution in [0.5, 0.6) is 0 Å². The van der Waals surface area contributed by atoms with Crippen molar-refractivity contribution in [2.45, 2.75) is 13.8 Å². The standard InChI is InChI=1S/C7H13NO2/c1-7(2,5-9)4-3-6(8)10/h3-4,9H,5H2,1-2H3,(H2,8,10). The SMILES string of the molecule is CC(C)(C=CC(N)=O)CO. The number of carbonyl (C=O) groups is 1. The summed E-state index contributed by atoms with van der Waals surface area (Å²) in [4.78, 5) is 10.2. The van der Waals surface area contributed by atoms with E-state index in [-0.39, 0.29) is 12.0 Å². The lowest BCUT2D eigenvalue weighted by Crippen LogP contribution is -2.15. The zero-order chi connectivity index (χ0) is 8.20. The summed E-state index contributed by atoms with van der Waals surface area (Å²) in [5.74, 6) is -0.485. The van der Waals surface area contributed by atoms with E-state index in [1.807, 2.05) is 13.8 Å². The Kier molecular flexibility index (Phi) is 3.09. The Morgan fingerprint density at radius 2 is 2.20 bits per heavy atom. The zero-order valence-corrected chi connectivity index (χ0v) is 6.29. The van der Waals surface area contributed by atoms with Crippen LogP contribution in [0.3, 0.4) is 0 Å². The molecule has 0 saturated carbocycles. The van der Waals surface area contributed by atoms with Gasteiger partial charge in [0.1, 0.15) is 0 Å². The van der Waals surface area contributed by atoms with E-state index in [9.17, 15) is 4.79 Å². The number of aliphatic hydroxyl groups is 1. The number of amides is 1. The highest BCUT2D eigenvalue weighted by Crippen LogP contribution is 2.14. The second-order valence-electron chi connectivity index (χ2n) is 2.88. The zero-order valence-electron chi connectivity index (χ0n) is 6.29. The lowest BCUT2D eigenvalue weighted by atomic mass is 9.94. The maximum absolute atomic E-state index is 10.2. The van der Waals surface area contributed by atoms with Gasteiger partial charge in [-0.15, -0.1) is 0 Å². The molecule has 10 heavy (non-hydrogen) atoms. The molecule has 3 heteroatoms. The number of carbonyl (C=O) groups excluding carboxylic acids is 1. The lowest BCUT2D eigenvalue weighted by Gasteiger charge is -2.14. The van der Waals surface area contributed by atoms with E-state index in [1.165, 1.54) is 6.08 Å². The summed E-state index contributed by atoms with van der Waals surface area (Å²) in [5.41, 5.74) is 4.49. The fraction of sp³-hybridized carbons (Fsp3) is 0.571. The van der Waals surface area contributed by atoms with Crippen LogP contribution in [0.4, 0.5) is 0 Å². The van der Waals surface area contributed by atoms with Gasteiger partial charge in [0.05, 0.1) is 6.61 Å². The number of aliphatic hydroxyl groups excluding tert-OH is 1. The summed E-state index contributed by atoms with van der Waals surface area (Å²) in [7, 11) is 0. The van der Waals surface area contributed by atoms with Gasteiger partial charge in [0, 0.05) is 5.41 Å². The predicted molar refractivity (Wildman–Crippen MR) is 39.2 cm³/mol. The van der Waals surface area contributed by atoms with Crippen molar-refractivity contribution in [3.05, 3.63) is 12.2 Å². The first-order chi connectivity index (χ1) is 4.48. The van der Waals surface area contributed by atoms with E-state index < -0.39 is 5.91 Å². The lowest BCUT2D eigenvalue weighted by molar-refractivity contribution is -0.113. The fourth-order valence-electron chi connectivity index (χ4n) is 0.360. The van der Waals surface area contributed by atoms with Crippen molar-refractivity contribution >= 4 is 5.91 Å². The predicted octanol–water partition coefficient (Wildman–Crippen LogP) is 0.0464. The van der Waals surface area contributed by atoms with Gasteiger partial charge < -0.3 is 10.8 Å². The van der Waals surface area contributed by atoms with Gasteiger partial charge in [0.2, 0.25) is 5.91 Å². The summed E-state index contributed by atoms with van der Waals surface area (Å²) in [5, 5.41) is 8.70. The van der Waals surface area contributed by atoms with Crippen LogP contribution in [0.15, 0.2) is 12.2 Å². The number of hydrogen-bond donors (Lipinski definition) is 2. The van der Waals surface area contributed by atoms with Crippen LogP contribution in [0.25, 0.3) is 0 Å². The van der Waals surface area contributed by atoms with Crippen molar-refractivity contribution in [1.82, 2.24) is 0 Å². The minimum Gasteiger partial charge on any atom is -0.395 e. The van der Waals surface area contributed by atoms with Gasteiger partial charge in [0.15, 0.2) is 0 Å². The highest BCUT2D eigenvalue weighted by atomic mass is 16.3. The smallest absolute Gasteiger partial charge is 0.241 e. The molecule has 0 atom stereocenters. The molecule has 0 aliphatic carbocycles. The minimum absolute atomic E-state index is 0.0107. The van der Waals surface area contributed by atoms with Crippen molar-refractivity contribution in [2.24, 2.45) is 11.1 Å². The van der Waals surface area contributed by atoms with E-state index in [4.69, 9.17) is 10.8 Å². The summed E-state index contributed by atoms with van der Waals surface area (Å²) in [6, 6.07) is 0. The molecule has 0 radical (unpaired) electrons. The molecule has 3 nitrogen and oxygen atoms in total. The van der Waals surface area contributed by atoms with E-state index in [0.29, 0.717) is 0 Å². The van der Waals surface area contributed by atoms with Crippen LogP contribution in [0.1, 0.15) is 13.8 Å². The van der Waals surface area contributed by atoms with E-state index in [1.54, 1.807) is 6.08 Å². The molecule has 0 aromatic rings. The summed E-state index contributed by atoms with van der Waals surface area (Å²) < 4.78 is 0. The highest BCUT2D eigenvalue weighted by molar-refractivity contribution is 5.85. The van der Waals surface area contributed by atoms with Gasteiger partial charge in [-0.05, 0) is 6.08 Å². The fourth-order valence-corrected chi connectivity index (χ4v) is 0.360. The van der Waals surface area contributed by atoms with Crippen LogP contribution in [-0.4, -0.2) is 17.6 Å². The average Bonchev–Trinajstić information content (AvgIpc) is 1.85. The quantitative estimate of drug-likeness (QED) is 0.548. The van der Waals surface area contributed by atoms with E-state index in [2.05, 4.69) is 0 Å². The second-order valence-corrected chi connectivity index (χ2v) is 2.88. The van der Waals surface area contributed by atoms with Gasteiger partial charge >= 0.3 is 0 Å². The second kappa shape index (κ2) is 3.37. The van der Waals surface area contributed by atoms with Crippen LogP contribution in [0, 0.1) is 5.41 Å². The number of rotatable bonds is 3. The molecule has 0 heterocycles. The third-order valence-electron chi connectivity index (χ3n) is 1.11. The number of hydrogen-bond acceptors (Lipinski definition) is 2. The Balaban J connectivity index is 3.99. The third kappa shape index (κ3) is 4.09. The molecule has 58 valence electrons. The molecule has 3 N–H and O–H groups in total. The maximum Gasteiger partial charge on any atom is 0.241 e. The van der Waals surface area contributed by atoms with Gasteiger partial charge in [-0.25, -0.2) is 0 Å². The molecule has 1 amide bonds. The van der Waals surface area contributed by atoms with Crippen molar-refractivity contribution in [2.75, 3.05) is 6.61 Å². The number of primary amides is 1. The molecule has 0 aromatic carbocycles. The van der Waals surface area contributed by atoms with Gasteiger partial charge in [-0.2, -0.15) is 0 Å². The normalized spacial score (nSPS) is 12.3. The molecule has 0 saturated heterocycles. The van der Waals surface area contributed by atoms with Gasteiger partial charge in [0.25, 0.3) is 0 Å². The summed E-state index contributed by atoms with van der Waals surface area (Å²) >= 11 is 0. The van der Waals surface area contributed by atoms with Gasteiger partial charge in [-0.1, -0.05) is 19.9 Å². The molecule has 0 spiro atoms. The van der Waals surface area contributed by atoms with Crippen LogP contribution >= 0.6 is 0 Å². The molecule has 0 aromatic heterocycles. The first-order valence-electron chi connectivity index (χ1n) is 3.07. The Labute approximate surface area is 60.5 Å². The van der Waals surface area contributed by atoms with Crippen molar-refractivity contribution in [3.63, 3.8) is 0 Å². The molecule has 0 rings (SSSR count). The van der Waals surface area contributed by atoms with Crippen molar-refractivity contribution < 1.29 is 9.90 Å². The van der Waals surface area contributed by atoms with E-state index in [0.717, 1.165) is 0 Å². The molecule has 0 aliphatic heterocycles. The van der Waals surface area contributed by atoms with E-state index >= 15 is 0 Å². The van der Waals surface area contributed by atoms with Crippen LogP contribution < -0.4 is 5.73 Å². The van der Waals surface area contributed by atoms with Crippen LogP contribution in [-0.2, 0) is 4.79 Å². The Hall–Kier alpha value is -0.830. The highest BCUT2D eigenvalue weighted by Gasteiger charge is 2.10. The summed E-state index contributed by atoms with van der Waals surface area (Å²) in [6.45, 7) is 3.63. The first kappa shape index (κ1) is 9.17. The van der Waals surface area contributed by atoms with Crippen molar-refractivity contribution in [3.8, 4) is 0 Å². The first-order valence-corrected chi connectivity index (χ1v) is 3.07. The minimum atomic E-state index is -0.485. The molecule has 0 unspecified atom stereocenters. The van der Waals surface area contributed by atoms with Crippen molar-refractivity contribution in [1.29, 1.82) is 0 Å². The maximum atomic E-state index is 10.2. The molecule has 0 fully saturated rings. The third-order valence-corrected chi connectivity index (χ3v) is 1.11. The average molecular weight is 143 g/mol. The largest absolute Gasteiger partial charge is 0.395 e. The molecular formula is C7H13NO2. The van der Waals surface area contributed by atoms with Gasteiger partial charge in [-0.3, -0.25) is 4.79 Å². The Morgan fingerprint density at radius 3 is 2.50 bits per heavy atom. The van der Waals surface area contributed by atoms with Crippen LogP contribution in [0.2, 0.25) is 0 Å². The monoisotopic (exact) mass is 143 g/mol. The molecule has 0 bridgehead atoms. The summed E-state index contributed by atoms with van der Waals surface area (Å²) in [6.07, 6.45) is 2.85. The number of nitrogens with two attached hydrogens (primary N) is 1. The molecular weight excluding hydrogens is 130 g/mol. The Bertz CT molecular complexity index is 150. The Morgan fingerprint density at radius 1 is 1.70 bits per heavy atom. The molecule has 0 aliphatic rings.